The van der Waals surface area contributed by atoms with Crippen LogP contribution in [0.3, 0.4) is 0 Å². The molecule has 2 aromatic carbocycles. The van der Waals surface area contributed by atoms with E-state index in [-0.39, 0.29) is 5.82 Å². The van der Waals surface area contributed by atoms with Gasteiger partial charge < -0.3 is 5.11 Å². The molecule has 2 nitrogen and oxygen atoms in total. The summed E-state index contributed by atoms with van der Waals surface area (Å²) >= 11 is 0. The summed E-state index contributed by atoms with van der Waals surface area (Å²) in [4.78, 5) is 2.26. The summed E-state index contributed by atoms with van der Waals surface area (Å²) < 4.78 is 13.8. The lowest BCUT2D eigenvalue weighted by Crippen LogP contribution is -2.49. The van der Waals surface area contributed by atoms with Gasteiger partial charge in [-0.2, -0.15) is 0 Å². The molecule has 1 unspecified atom stereocenters. The Hall–Kier alpha value is -1.71. The third-order valence-electron chi connectivity index (χ3n) is 4.36. The lowest BCUT2D eigenvalue weighted by Gasteiger charge is -2.39. The molecule has 0 saturated carbocycles. The molecule has 3 rings (SSSR count). The Kier molecular flexibility index (Phi) is 4.55. The van der Waals surface area contributed by atoms with Crippen LogP contribution in [-0.4, -0.2) is 28.7 Å². The van der Waals surface area contributed by atoms with Crippen LogP contribution in [0.5, 0.6) is 0 Å². The fraction of sp³-hybridized carbons (Fsp3) is 0.368. The van der Waals surface area contributed by atoms with E-state index in [0.29, 0.717) is 18.5 Å². The third-order valence-corrected chi connectivity index (χ3v) is 4.36. The predicted molar refractivity (Wildman–Crippen MR) is 86.0 cm³/mol. The van der Waals surface area contributed by atoms with Gasteiger partial charge in [-0.15, -0.1) is 0 Å². The van der Waals surface area contributed by atoms with E-state index in [0.717, 1.165) is 25.9 Å². The number of β-amino-alcohol motifs (C(OH)–C–C–N with tert-alkyl or cyclic N) is 1. The van der Waals surface area contributed by atoms with Crippen LogP contribution in [-0.2, 0) is 13.0 Å². The zero-order valence-electron chi connectivity index (χ0n) is 12.7. The first-order valence-corrected chi connectivity index (χ1v) is 7.87. The Balaban J connectivity index is 1.68. The van der Waals surface area contributed by atoms with Crippen molar-refractivity contribution < 1.29 is 9.50 Å². The molecule has 3 heteroatoms. The fourth-order valence-corrected chi connectivity index (χ4v) is 3.32. The molecule has 0 bridgehead atoms. The monoisotopic (exact) mass is 299 g/mol. The summed E-state index contributed by atoms with van der Waals surface area (Å²) in [6.45, 7) is 2.41. The van der Waals surface area contributed by atoms with E-state index < -0.39 is 5.60 Å². The van der Waals surface area contributed by atoms with Gasteiger partial charge in [-0.1, -0.05) is 48.5 Å². The van der Waals surface area contributed by atoms with E-state index in [1.54, 1.807) is 12.1 Å². The van der Waals surface area contributed by atoms with Crippen LogP contribution >= 0.6 is 0 Å². The van der Waals surface area contributed by atoms with E-state index in [4.69, 9.17) is 0 Å². The van der Waals surface area contributed by atoms with Crippen LogP contribution in [0.4, 0.5) is 4.39 Å². The lowest BCUT2D eigenvalue weighted by molar-refractivity contribution is -0.0332. The minimum absolute atomic E-state index is 0.226. The van der Waals surface area contributed by atoms with Crippen molar-refractivity contribution >= 4 is 0 Å². The maximum absolute atomic E-state index is 13.8. The summed E-state index contributed by atoms with van der Waals surface area (Å²) in [5.41, 5.74) is 1.01. The van der Waals surface area contributed by atoms with Crippen LogP contribution in [0.2, 0.25) is 0 Å². The van der Waals surface area contributed by atoms with Crippen molar-refractivity contribution in [3.63, 3.8) is 0 Å². The van der Waals surface area contributed by atoms with Gasteiger partial charge in [0.1, 0.15) is 5.82 Å². The zero-order valence-corrected chi connectivity index (χ0v) is 12.7. The SMILES string of the molecule is OC1(Cc2ccccc2F)CCCN(Cc2ccccc2)C1. The van der Waals surface area contributed by atoms with Crippen molar-refractivity contribution in [3.05, 3.63) is 71.5 Å². The number of benzene rings is 2. The van der Waals surface area contributed by atoms with Gasteiger partial charge in [0.15, 0.2) is 0 Å². The predicted octanol–water partition coefficient (Wildman–Crippen LogP) is 3.40. The Morgan fingerprint density at radius 2 is 1.77 bits per heavy atom. The number of hydrogen-bond donors (Lipinski definition) is 1. The molecule has 1 fully saturated rings. The normalized spacial score (nSPS) is 22.6. The van der Waals surface area contributed by atoms with Crippen molar-refractivity contribution in [2.24, 2.45) is 0 Å². The van der Waals surface area contributed by atoms with Crippen LogP contribution in [0.15, 0.2) is 54.6 Å². The smallest absolute Gasteiger partial charge is 0.126 e. The second kappa shape index (κ2) is 6.59. The lowest BCUT2D eigenvalue weighted by atomic mass is 9.86. The number of aliphatic hydroxyl groups is 1. The molecule has 116 valence electrons. The summed E-state index contributed by atoms with van der Waals surface area (Å²) in [6, 6.07) is 17.0. The van der Waals surface area contributed by atoms with E-state index >= 15 is 0 Å². The van der Waals surface area contributed by atoms with Gasteiger partial charge in [0.2, 0.25) is 0 Å². The van der Waals surface area contributed by atoms with Gasteiger partial charge in [-0.05, 0) is 36.6 Å². The van der Waals surface area contributed by atoms with Crippen molar-refractivity contribution in [1.29, 1.82) is 0 Å². The maximum Gasteiger partial charge on any atom is 0.126 e. The first-order valence-electron chi connectivity index (χ1n) is 7.87. The van der Waals surface area contributed by atoms with Gasteiger partial charge in [0.25, 0.3) is 0 Å². The molecule has 1 saturated heterocycles. The topological polar surface area (TPSA) is 23.5 Å². The summed E-state index contributed by atoms with van der Waals surface area (Å²) in [6.07, 6.45) is 2.05. The molecule has 1 heterocycles. The highest BCUT2D eigenvalue weighted by molar-refractivity contribution is 5.20. The average molecular weight is 299 g/mol. The van der Waals surface area contributed by atoms with Crippen LogP contribution < -0.4 is 0 Å². The summed E-state index contributed by atoms with van der Waals surface area (Å²) in [5, 5.41) is 10.9. The Morgan fingerprint density at radius 1 is 1.05 bits per heavy atom. The minimum Gasteiger partial charge on any atom is -0.388 e. The summed E-state index contributed by atoms with van der Waals surface area (Å²) in [7, 11) is 0. The van der Waals surface area contributed by atoms with E-state index in [1.165, 1.54) is 11.6 Å². The molecular formula is C19H22FNO. The molecule has 1 aliphatic rings. The largest absolute Gasteiger partial charge is 0.388 e. The van der Waals surface area contributed by atoms with Crippen molar-refractivity contribution in [3.8, 4) is 0 Å². The number of halogens is 1. The molecule has 0 amide bonds. The molecular weight excluding hydrogens is 277 g/mol. The highest BCUT2D eigenvalue weighted by atomic mass is 19.1. The number of piperidine rings is 1. The third kappa shape index (κ3) is 3.73. The first kappa shape index (κ1) is 15.2. The van der Waals surface area contributed by atoms with Crippen LogP contribution in [0, 0.1) is 5.82 Å². The number of hydrogen-bond acceptors (Lipinski definition) is 2. The molecule has 2 aromatic rings. The van der Waals surface area contributed by atoms with Crippen molar-refractivity contribution in [1.82, 2.24) is 4.90 Å². The average Bonchev–Trinajstić information content (AvgIpc) is 2.50. The van der Waals surface area contributed by atoms with Gasteiger partial charge in [-0.3, -0.25) is 4.90 Å². The molecule has 0 aliphatic carbocycles. The Bertz CT molecular complexity index is 616. The quantitative estimate of drug-likeness (QED) is 0.935. The van der Waals surface area contributed by atoms with Gasteiger partial charge in [-0.25, -0.2) is 4.39 Å². The molecule has 0 radical (unpaired) electrons. The van der Waals surface area contributed by atoms with Crippen molar-refractivity contribution in [2.45, 2.75) is 31.4 Å². The molecule has 1 atom stereocenters. The molecule has 0 aromatic heterocycles. The second-order valence-corrected chi connectivity index (χ2v) is 6.29. The van der Waals surface area contributed by atoms with Gasteiger partial charge in [0, 0.05) is 19.5 Å². The molecule has 0 spiro atoms. The Morgan fingerprint density at radius 3 is 2.55 bits per heavy atom. The first-order chi connectivity index (χ1) is 10.6. The number of likely N-dealkylation sites (tertiary alicyclic amines) is 1. The summed E-state index contributed by atoms with van der Waals surface area (Å²) in [5.74, 6) is -0.226. The number of rotatable bonds is 4. The maximum atomic E-state index is 13.8. The molecule has 22 heavy (non-hydrogen) atoms. The standard InChI is InChI=1S/C19H22FNO/c20-18-10-5-4-9-17(18)13-19(22)11-6-12-21(15-19)14-16-7-2-1-3-8-16/h1-5,7-10,22H,6,11-15H2. The van der Waals surface area contributed by atoms with Crippen LogP contribution in [0.25, 0.3) is 0 Å². The molecule has 1 aliphatic heterocycles. The highest BCUT2D eigenvalue weighted by Crippen LogP contribution is 2.27. The van der Waals surface area contributed by atoms with E-state index in [9.17, 15) is 9.50 Å². The highest BCUT2D eigenvalue weighted by Gasteiger charge is 2.33. The zero-order chi connectivity index (χ0) is 15.4. The van der Waals surface area contributed by atoms with Gasteiger partial charge in [0.05, 0.1) is 5.60 Å². The van der Waals surface area contributed by atoms with Crippen molar-refractivity contribution in [2.75, 3.05) is 13.1 Å². The minimum atomic E-state index is -0.838. The molecule has 1 N–H and O–H groups in total. The van der Waals surface area contributed by atoms with E-state index in [2.05, 4.69) is 17.0 Å². The Labute approximate surface area is 131 Å². The fourth-order valence-electron chi connectivity index (χ4n) is 3.32. The van der Waals surface area contributed by atoms with Crippen LogP contribution in [0.1, 0.15) is 24.0 Å². The van der Waals surface area contributed by atoms with E-state index in [1.807, 2.05) is 24.3 Å². The second-order valence-electron chi connectivity index (χ2n) is 6.29. The number of nitrogens with zero attached hydrogens (tertiary/aromatic N) is 1. The van der Waals surface area contributed by atoms with Gasteiger partial charge >= 0.3 is 0 Å².